The SMILES string of the molecule is CCNC(C)CC(=O)Cc1cncc(Br)c1. The van der Waals surface area contributed by atoms with Gasteiger partial charge in [0, 0.05) is 35.7 Å². The molecule has 1 aromatic heterocycles. The second-order valence-corrected chi connectivity index (χ2v) is 4.81. The number of ketones is 1. The summed E-state index contributed by atoms with van der Waals surface area (Å²) in [7, 11) is 0. The number of rotatable bonds is 6. The fraction of sp³-hybridized carbons (Fsp3) is 0.500. The van der Waals surface area contributed by atoms with E-state index in [1.54, 1.807) is 12.4 Å². The van der Waals surface area contributed by atoms with Gasteiger partial charge >= 0.3 is 0 Å². The van der Waals surface area contributed by atoms with Gasteiger partial charge in [-0.2, -0.15) is 0 Å². The van der Waals surface area contributed by atoms with E-state index < -0.39 is 0 Å². The van der Waals surface area contributed by atoms with Crippen molar-refractivity contribution in [1.82, 2.24) is 10.3 Å². The lowest BCUT2D eigenvalue weighted by molar-refractivity contribution is -0.118. The number of carbonyl (C=O) groups is 1. The van der Waals surface area contributed by atoms with E-state index >= 15 is 0 Å². The topological polar surface area (TPSA) is 42.0 Å². The quantitative estimate of drug-likeness (QED) is 0.872. The number of pyridine rings is 1. The number of nitrogens with one attached hydrogen (secondary N) is 1. The molecule has 1 unspecified atom stereocenters. The van der Waals surface area contributed by atoms with E-state index in [0.717, 1.165) is 16.6 Å². The first-order valence-corrected chi connectivity index (χ1v) is 6.25. The zero-order valence-electron chi connectivity index (χ0n) is 9.66. The fourth-order valence-corrected chi connectivity index (χ4v) is 2.03. The third kappa shape index (κ3) is 4.86. The molecule has 0 radical (unpaired) electrons. The number of hydrogen-bond acceptors (Lipinski definition) is 3. The van der Waals surface area contributed by atoms with Crippen molar-refractivity contribution in [3.63, 3.8) is 0 Å². The first kappa shape index (κ1) is 13.3. The number of nitrogens with zero attached hydrogens (tertiary/aromatic N) is 1. The first-order valence-electron chi connectivity index (χ1n) is 5.46. The lowest BCUT2D eigenvalue weighted by atomic mass is 10.1. The van der Waals surface area contributed by atoms with Crippen LogP contribution in [-0.4, -0.2) is 23.4 Å². The van der Waals surface area contributed by atoms with E-state index in [0.29, 0.717) is 12.8 Å². The molecule has 0 fully saturated rings. The Morgan fingerprint density at radius 2 is 2.31 bits per heavy atom. The van der Waals surface area contributed by atoms with Gasteiger partial charge in [0.25, 0.3) is 0 Å². The highest BCUT2D eigenvalue weighted by molar-refractivity contribution is 9.10. The summed E-state index contributed by atoms with van der Waals surface area (Å²) in [6.45, 7) is 4.96. The molecule has 16 heavy (non-hydrogen) atoms. The predicted molar refractivity (Wildman–Crippen MR) is 68.4 cm³/mol. The van der Waals surface area contributed by atoms with Crippen LogP contribution >= 0.6 is 15.9 Å². The van der Waals surface area contributed by atoms with Gasteiger partial charge in [-0.15, -0.1) is 0 Å². The molecular formula is C12H17BrN2O. The van der Waals surface area contributed by atoms with E-state index in [1.165, 1.54) is 0 Å². The molecule has 0 aliphatic rings. The van der Waals surface area contributed by atoms with Crippen LogP contribution in [0.3, 0.4) is 0 Å². The molecule has 1 atom stereocenters. The molecule has 0 saturated heterocycles. The van der Waals surface area contributed by atoms with Crippen molar-refractivity contribution in [2.75, 3.05) is 6.54 Å². The minimum atomic E-state index is 0.244. The Hall–Kier alpha value is -0.740. The van der Waals surface area contributed by atoms with Gasteiger partial charge in [0.05, 0.1) is 0 Å². The Labute approximate surface area is 105 Å². The van der Waals surface area contributed by atoms with Gasteiger partial charge in [-0.05, 0) is 41.0 Å². The van der Waals surface area contributed by atoms with Crippen LogP contribution in [0.15, 0.2) is 22.9 Å². The summed E-state index contributed by atoms with van der Waals surface area (Å²) >= 11 is 3.34. The minimum Gasteiger partial charge on any atom is -0.314 e. The molecular weight excluding hydrogens is 268 g/mol. The summed E-state index contributed by atoms with van der Waals surface area (Å²) in [5.41, 5.74) is 0.961. The summed E-state index contributed by atoms with van der Waals surface area (Å²) < 4.78 is 0.914. The average Bonchev–Trinajstić information content (AvgIpc) is 2.17. The third-order valence-electron chi connectivity index (χ3n) is 2.25. The van der Waals surface area contributed by atoms with Crippen LogP contribution in [0.5, 0.6) is 0 Å². The zero-order valence-corrected chi connectivity index (χ0v) is 11.3. The minimum absolute atomic E-state index is 0.244. The van der Waals surface area contributed by atoms with Gasteiger partial charge in [-0.3, -0.25) is 9.78 Å². The van der Waals surface area contributed by atoms with Gasteiger partial charge in [-0.1, -0.05) is 6.92 Å². The molecule has 0 amide bonds. The smallest absolute Gasteiger partial charge is 0.138 e. The zero-order chi connectivity index (χ0) is 12.0. The molecule has 0 aliphatic heterocycles. The fourth-order valence-electron chi connectivity index (χ4n) is 1.61. The monoisotopic (exact) mass is 284 g/mol. The van der Waals surface area contributed by atoms with Crippen LogP contribution in [0.4, 0.5) is 0 Å². The van der Waals surface area contributed by atoms with Crippen LogP contribution in [0.2, 0.25) is 0 Å². The Balaban J connectivity index is 2.45. The Morgan fingerprint density at radius 1 is 1.56 bits per heavy atom. The molecule has 1 N–H and O–H groups in total. The summed E-state index contributed by atoms with van der Waals surface area (Å²) in [5, 5.41) is 3.23. The second-order valence-electron chi connectivity index (χ2n) is 3.89. The molecule has 0 aromatic carbocycles. The highest BCUT2D eigenvalue weighted by Crippen LogP contribution is 2.11. The summed E-state index contributed by atoms with van der Waals surface area (Å²) in [6, 6.07) is 2.18. The van der Waals surface area contributed by atoms with Crippen LogP contribution in [0.1, 0.15) is 25.8 Å². The molecule has 0 bridgehead atoms. The summed E-state index contributed by atoms with van der Waals surface area (Å²) in [6.07, 6.45) is 4.48. The Morgan fingerprint density at radius 3 is 2.94 bits per heavy atom. The number of carbonyl (C=O) groups excluding carboxylic acids is 1. The highest BCUT2D eigenvalue weighted by Gasteiger charge is 2.09. The van der Waals surface area contributed by atoms with Crippen molar-refractivity contribution >= 4 is 21.7 Å². The molecule has 0 saturated carbocycles. The molecule has 3 nitrogen and oxygen atoms in total. The maximum Gasteiger partial charge on any atom is 0.138 e. The van der Waals surface area contributed by atoms with Crippen molar-refractivity contribution < 1.29 is 4.79 Å². The standard InChI is InChI=1S/C12H17BrN2O/c1-3-15-9(2)4-12(16)6-10-5-11(13)8-14-7-10/h5,7-9,15H,3-4,6H2,1-2H3. The molecule has 4 heteroatoms. The van der Waals surface area contributed by atoms with E-state index in [9.17, 15) is 4.79 Å². The van der Waals surface area contributed by atoms with E-state index in [1.807, 2.05) is 19.9 Å². The largest absolute Gasteiger partial charge is 0.314 e. The number of aromatic nitrogens is 1. The van der Waals surface area contributed by atoms with Crippen LogP contribution in [0, 0.1) is 0 Å². The molecule has 1 rings (SSSR count). The lowest BCUT2D eigenvalue weighted by Crippen LogP contribution is -2.28. The van der Waals surface area contributed by atoms with Crippen LogP contribution in [0.25, 0.3) is 0 Å². The molecule has 0 spiro atoms. The average molecular weight is 285 g/mol. The highest BCUT2D eigenvalue weighted by atomic mass is 79.9. The van der Waals surface area contributed by atoms with Crippen molar-refractivity contribution in [2.45, 2.75) is 32.7 Å². The van der Waals surface area contributed by atoms with Crippen LogP contribution < -0.4 is 5.32 Å². The number of hydrogen-bond donors (Lipinski definition) is 1. The predicted octanol–water partition coefficient (Wildman–Crippen LogP) is 2.34. The number of halogens is 1. The molecule has 88 valence electrons. The second kappa shape index (κ2) is 6.76. The van der Waals surface area contributed by atoms with Gasteiger partial charge in [0.2, 0.25) is 0 Å². The van der Waals surface area contributed by atoms with Gasteiger partial charge in [0.1, 0.15) is 5.78 Å². The number of Topliss-reactive ketones (excluding diaryl/α,β-unsaturated/α-hetero) is 1. The third-order valence-corrected chi connectivity index (χ3v) is 2.68. The van der Waals surface area contributed by atoms with E-state index in [4.69, 9.17) is 0 Å². The first-order chi connectivity index (χ1) is 7.61. The van der Waals surface area contributed by atoms with E-state index in [-0.39, 0.29) is 11.8 Å². The Kier molecular flexibility index (Phi) is 5.63. The maximum atomic E-state index is 11.7. The van der Waals surface area contributed by atoms with Crippen molar-refractivity contribution in [1.29, 1.82) is 0 Å². The van der Waals surface area contributed by atoms with Crippen molar-refractivity contribution in [2.24, 2.45) is 0 Å². The summed E-state index contributed by atoms with van der Waals surface area (Å²) in [4.78, 5) is 15.8. The van der Waals surface area contributed by atoms with Crippen molar-refractivity contribution in [3.05, 3.63) is 28.5 Å². The van der Waals surface area contributed by atoms with Gasteiger partial charge in [-0.25, -0.2) is 0 Å². The maximum absolute atomic E-state index is 11.7. The Bertz CT molecular complexity index is 355. The molecule has 1 heterocycles. The molecule has 0 aliphatic carbocycles. The van der Waals surface area contributed by atoms with Crippen LogP contribution in [-0.2, 0) is 11.2 Å². The normalized spacial score (nSPS) is 12.4. The summed E-state index contributed by atoms with van der Waals surface area (Å²) in [5.74, 6) is 0.244. The van der Waals surface area contributed by atoms with Gasteiger partial charge < -0.3 is 5.32 Å². The molecule has 1 aromatic rings. The lowest BCUT2D eigenvalue weighted by Gasteiger charge is -2.10. The van der Waals surface area contributed by atoms with E-state index in [2.05, 4.69) is 26.2 Å². The van der Waals surface area contributed by atoms with Crippen molar-refractivity contribution in [3.8, 4) is 0 Å². The van der Waals surface area contributed by atoms with Gasteiger partial charge in [0.15, 0.2) is 0 Å².